The molecule has 0 saturated carbocycles. The van der Waals surface area contributed by atoms with Gasteiger partial charge in [0.15, 0.2) is 0 Å². The second-order valence-corrected chi connectivity index (χ2v) is 4.22. The van der Waals surface area contributed by atoms with E-state index in [0.29, 0.717) is 5.56 Å². The fourth-order valence-electron chi connectivity index (χ4n) is 1.13. The number of aliphatic hydroxyl groups excluding tert-OH is 1. The van der Waals surface area contributed by atoms with Gasteiger partial charge in [0.2, 0.25) is 0 Å². The molecule has 1 unspecified atom stereocenters. The zero-order valence-electron chi connectivity index (χ0n) is 9.19. The highest BCUT2D eigenvalue weighted by Crippen LogP contribution is 2.14. The van der Waals surface area contributed by atoms with Gasteiger partial charge >= 0.3 is 0 Å². The Morgan fingerprint density at radius 3 is 2.47 bits per heavy atom. The number of benzene rings is 1. The molecule has 2 N–H and O–H groups in total. The minimum Gasteiger partial charge on any atom is -0.385 e. The van der Waals surface area contributed by atoms with Crippen molar-refractivity contribution in [1.82, 2.24) is 5.32 Å². The van der Waals surface area contributed by atoms with Gasteiger partial charge in [-0.2, -0.15) is 0 Å². The van der Waals surface area contributed by atoms with Crippen LogP contribution in [-0.4, -0.2) is 36.3 Å². The molecule has 0 aliphatic rings. The molecule has 0 aliphatic heterocycles. The van der Waals surface area contributed by atoms with Crippen molar-refractivity contribution in [3.8, 4) is 0 Å². The van der Waals surface area contributed by atoms with Crippen LogP contribution >= 0.6 is 11.8 Å². The topological polar surface area (TPSA) is 49.3 Å². The average molecular weight is 261 g/mol. The van der Waals surface area contributed by atoms with Crippen molar-refractivity contribution in [2.45, 2.75) is 17.4 Å². The minimum atomic E-state index is -2.85. The lowest BCUT2D eigenvalue weighted by Gasteiger charge is -2.10. The number of aliphatic hydroxyl groups is 1. The summed E-state index contributed by atoms with van der Waals surface area (Å²) >= 11 is 1.54. The number of carbonyl (C=O) groups excluding carboxylic acids is 1. The van der Waals surface area contributed by atoms with Gasteiger partial charge in [-0.1, -0.05) is 0 Å². The summed E-state index contributed by atoms with van der Waals surface area (Å²) in [6.07, 6.45) is -2.77. The lowest BCUT2D eigenvalue weighted by Crippen LogP contribution is -2.35. The Hall–Kier alpha value is -1.14. The van der Waals surface area contributed by atoms with Crippen molar-refractivity contribution in [3.63, 3.8) is 0 Å². The summed E-state index contributed by atoms with van der Waals surface area (Å²) in [5.41, 5.74) is 0.379. The Balaban J connectivity index is 2.52. The smallest absolute Gasteiger partial charge is 0.265 e. The molecule has 6 heteroatoms. The molecule has 0 spiro atoms. The van der Waals surface area contributed by atoms with E-state index in [1.807, 2.05) is 6.26 Å². The van der Waals surface area contributed by atoms with Gasteiger partial charge in [-0.3, -0.25) is 4.79 Å². The maximum atomic E-state index is 12.0. The number of hydrogen-bond acceptors (Lipinski definition) is 3. The molecular formula is C11H13F2NO2S. The molecule has 1 aromatic rings. The SMILES string of the molecule is CSc1ccc(C(=O)NCC(O)C(F)F)cc1. The van der Waals surface area contributed by atoms with Crippen molar-refractivity contribution in [2.24, 2.45) is 0 Å². The van der Waals surface area contributed by atoms with Crippen molar-refractivity contribution < 1.29 is 18.7 Å². The van der Waals surface area contributed by atoms with E-state index in [0.717, 1.165) is 4.90 Å². The van der Waals surface area contributed by atoms with E-state index in [4.69, 9.17) is 5.11 Å². The average Bonchev–Trinajstić information content (AvgIpc) is 2.35. The van der Waals surface area contributed by atoms with Crippen LogP contribution in [0, 0.1) is 0 Å². The predicted molar refractivity (Wildman–Crippen MR) is 62.6 cm³/mol. The number of rotatable bonds is 5. The summed E-state index contributed by atoms with van der Waals surface area (Å²) in [6, 6.07) is 6.75. The van der Waals surface area contributed by atoms with Gasteiger partial charge in [0, 0.05) is 17.0 Å². The highest BCUT2D eigenvalue weighted by atomic mass is 32.2. The van der Waals surface area contributed by atoms with Gasteiger partial charge in [-0.25, -0.2) is 8.78 Å². The molecule has 1 amide bonds. The van der Waals surface area contributed by atoms with Crippen molar-refractivity contribution in [1.29, 1.82) is 0 Å². The summed E-state index contributed by atoms with van der Waals surface area (Å²) in [4.78, 5) is 12.5. The number of amides is 1. The molecule has 1 atom stereocenters. The maximum Gasteiger partial charge on any atom is 0.265 e. The zero-order valence-corrected chi connectivity index (χ0v) is 10.0. The molecule has 94 valence electrons. The van der Waals surface area contributed by atoms with Crippen LogP contribution < -0.4 is 5.32 Å². The first-order valence-electron chi connectivity index (χ1n) is 4.93. The lowest BCUT2D eigenvalue weighted by molar-refractivity contribution is -0.00270. The molecule has 1 aromatic carbocycles. The van der Waals surface area contributed by atoms with Gasteiger partial charge in [-0.15, -0.1) is 11.8 Å². The van der Waals surface area contributed by atoms with E-state index in [-0.39, 0.29) is 0 Å². The van der Waals surface area contributed by atoms with Gasteiger partial charge in [0.25, 0.3) is 12.3 Å². The van der Waals surface area contributed by atoms with Crippen molar-refractivity contribution in [2.75, 3.05) is 12.8 Å². The van der Waals surface area contributed by atoms with Crippen LogP contribution in [0.1, 0.15) is 10.4 Å². The molecule has 0 heterocycles. The normalized spacial score (nSPS) is 12.5. The van der Waals surface area contributed by atoms with Crippen molar-refractivity contribution in [3.05, 3.63) is 29.8 Å². The summed E-state index contributed by atoms with van der Waals surface area (Å²) in [7, 11) is 0. The molecule has 0 aromatic heterocycles. The first-order valence-corrected chi connectivity index (χ1v) is 6.15. The highest BCUT2D eigenvalue weighted by molar-refractivity contribution is 7.98. The second-order valence-electron chi connectivity index (χ2n) is 3.34. The van der Waals surface area contributed by atoms with Crippen LogP contribution in [0.25, 0.3) is 0 Å². The second kappa shape index (κ2) is 6.56. The largest absolute Gasteiger partial charge is 0.385 e. The van der Waals surface area contributed by atoms with Gasteiger partial charge < -0.3 is 10.4 Å². The molecule has 0 saturated heterocycles. The fraction of sp³-hybridized carbons (Fsp3) is 0.364. The standard InChI is InChI=1S/C11H13F2NO2S/c1-17-8-4-2-7(3-5-8)11(16)14-6-9(15)10(12)13/h2-5,9-10,15H,6H2,1H3,(H,14,16). The van der Waals surface area contributed by atoms with Crippen LogP contribution in [0.2, 0.25) is 0 Å². The third-order valence-electron chi connectivity index (χ3n) is 2.11. The zero-order chi connectivity index (χ0) is 12.8. The molecule has 0 aliphatic carbocycles. The van der Waals surface area contributed by atoms with Crippen LogP contribution in [0.5, 0.6) is 0 Å². The maximum absolute atomic E-state index is 12.0. The van der Waals surface area contributed by atoms with E-state index in [2.05, 4.69) is 5.32 Å². The quantitative estimate of drug-likeness (QED) is 0.794. The number of thioether (sulfide) groups is 1. The summed E-state index contributed by atoms with van der Waals surface area (Å²) < 4.78 is 24.0. The summed E-state index contributed by atoms with van der Waals surface area (Å²) in [6.45, 7) is -0.458. The number of alkyl halides is 2. The molecule has 0 bridgehead atoms. The first kappa shape index (κ1) is 13.9. The third-order valence-corrected chi connectivity index (χ3v) is 2.86. The highest BCUT2D eigenvalue weighted by Gasteiger charge is 2.17. The summed E-state index contributed by atoms with van der Waals surface area (Å²) in [5.74, 6) is -0.475. The van der Waals surface area contributed by atoms with Crippen LogP contribution in [0.3, 0.4) is 0 Å². The predicted octanol–water partition coefficient (Wildman–Crippen LogP) is 1.76. The van der Waals surface area contributed by atoms with Crippen LogP contribution in [-0.2, 0) is 0 Å². The fourth-order valence-corrected chi connectivity index (χ4v) is 1.54. The Morgan fingerprint density at radius 2 is 2.00 bits per heavy atom. The molecule has 3 nitrogen and oxygen atoms in total. The van der Waals surface area contributed by atoms with E-state index >= 15 is 0 Å². The van der Waals surface area contributed by atoms with E-state index in [9.17, 15) is 13.6 Å². The van der Waals surface area contributed by atoms with Gasteiger partial charge in [0.05, 0.1) is 0 Å². The molecule has 0 fully saturated rings. The monoisotopic (exact) mass is 261 g/mol. The van der Waals surface area contributed by atoms with Crippen molar-refractivity contribution >= 4 is 17.7 Å². The number of nitrogens with one attached hydrogen (secondary N) is 1. The summed E-state index contributed by atoms with van der Waals surface area (Å²) in [5, 5.41) is 11.1. The van der Waals surface area contributed by atoms with Crippen LogP contribution in [0.4, 0.5) is 8.78 Å². The van der Waals surface area contributed by atoms with Crippen LogP contribution in [0.15, 0.2) is 29.2 Å². The van der Waals surface area contributed by atoms with Gasteiger partial charge in [0.1, 0.15) is 6.10 Å². The third kappa shape index (κ3) is 4.32. The van der Waals surface area contributed by atoms with E-state index in [1.54, 1.807) is 36.0 Å². The molecule has 1 rings (SSSR count). The number of hydrogen-bond donors (Lipinski definition) is 2. The number of halogens is 2. The first-order chi connectivity index (χ1) is 8.04. The Morgan fingerprint density at radius 1 is 1.41 bits per heavy atom. The van der Waals surface area contributed by atoms with E-state index in [1.165, 1.54) is 0 Å². The lowest BCUT2D eigenvalue weighted by atomic mass is 10.2. The molecular weight excluding hydrogens is 248 g/mol. The minimum absolute atomic E-state index is 0.379. The molecule has 17 heavy (non-hydrogen) atoms. The van der Waals surface area contributed by atoms with E-state index < -0.39 is 25.0 Å². The Kier molecular flexibility index (Phi) is 5.37. The Labute approximate surface area is 102 Å². The number of carbonyl (C=O) groups is 1. The molecule has 0 radical (unpaired) electrons. The Bertz CT molecular complexity index is 370. The van der Waals surface area contributed by atoms with Gasteiger partial charge in [-0.05, 0) is 30.5 Å².